The normalized spacial score (nSPS) is 14.2. The molecule has 0 saturated heterocycles. The van der Waals surface area contributed by atoms with Gasteiger partial charge in [-0.15, -0.1) is 0 Å². The summed E-state index contributed by atoms with van der Waals surface area (Å²) >= 11 is 11.9. The van der Waals surface area contributed by atoms with E-state index in [0.717, 1.165) is 0 Å². The molecule has 2 unspecified atom stereocenters. The van der Waals surface area contributed by atoms with Crippen LogP contribution in [0.3, 0.4) is 0 Å². The Morgan fingerprint density at radius 3 is 2.47 bits per heavy atom. The third-order valence-corrected chi connectivity index (χ3v) is 2.72. The molecule has 0 aromatic carbocycles. The number of rotatable bonds is 5. The van der Waals surface area contributed by atoms with Crippen molar-refractivity contribution in [3.05, 3.63) is 16.1 Å². The third kappa shape index (κ3) is 4.20. The summed E-state index contributed by atoms with van der Waals surface area (Å²) in [6.45, 7) is 3.65. The van der Waals surface area contributed by atoms with Gasteiger partial charge in [0, 0.05) is 6.04 Å². The lowest BCUT2D eigenvalue weighted by Crippen LogP contribution is -2.22. The van der Waals surface area contributed by atoms with E-state index in [2.05, 4.69) is 15.7 Å². The van der Waals surface area contributed by atoms with Gasteiger partial charge in [0.15, 0.2) is 5.82 Å². The van der Waals surface area contributed by atoms with Crippen molar-refractivity contribution in [3.8, 4) is 0 Å². The molecule has 96 valence electrons. The molecule has 1 aromatic heterocycles. The van der Waals surface area contributed by atoms with Crippen LogP contribution in [0.1, 0.15) is 20.3 Å². The van der Waals surface area contributed by atoms with Gasteiger partial charge in [-0.2, -0.15) is 0 Å². The van der Waals surface area contributed by atoms with E-state index >= 15 is 0 Å². The Morgan fingerprint density at radius 2 is 1.94 bits per heavy atom. The Hall–Kier alpha value is -0.750. The van der Waals surface area contributed by atoms with Gasteiger partial charge in [0.1, 0.15) is 5.82 Å². The quantitative estimate of drug-likeness (QED) is 0.491. The molecular weight excluding hydrogens is 263 g/mol. The molecule has 0 spiro atoms. The number of hydrogen-bond acceptors (Lipinski definition) is 5. The molecule has 0 bridgehead atoms. The molecule has 0 saturated carbocycles. The van der Waals surface area contributed by atoms with Crippen molar-refractivity contribution in [1.82, 2.24) is 4.98 Å². The summed E-state index contributed by atoms with van der Waals surface area (Å²) < 4.78 is 0. The van der Waals surface area contributed by atoms with Crippen LogP contribution in [-0.4, -0.2) is 22.2 Å². The molecule has 0 radical (unpaired) electrons. The summed E-state index contributed by atoms with van der Waals surface area (Å²) in [5.41, 5.74) is 2.39. The monoisotopic (exact) mass is 278 g/mol. The minimum atomic E-state index is -0.393. The van der Waals surface area contributed by atoms with Crippen molar-refractivity contribution in [2.24, 2.45) is 5.84 Å². The number of aliphatic hydroxyl groups is 1. The minimum absolute atomic E-state index is 0.0341. The summed E-state index contributed by atoms with van der Waals surface area (Å²) in [5, 5.41) is 13.1. The first-order valence-electron chi connectivity index (χ1n) is 5.21. The second-order valence-corrected chi connectivity index (χ2v) is 4.74. The maximum atomic E-state index is 9.27. The lowest BCUT2D eigenvalue weighted by Gasteiger charge is -2.17. The van der Waals surface area contributed by atoms with E-state index in [9.17, 15) is 5.11 Å². The standard InChI is InChI=1S/C10H16Cl2N4O/c1-5(3-6(2)17)14-9-7(11)4-8(12)10(15-9)16-13/h4-6,17H,3,13H2,1-2H3,(H2,14,15,16). The largest absolute Gasteiger partial charge is 0.393 e. The Bertz CT molecular complexity index is 387. The van der Waals surface area contributed by atoms with Crippen LogP contribution in [0, 0.1) is 0 Å². The number of hydrazine groups is 1. The maximum Gasteiger partial charge on any atom is 0.161 e. The van der Waals surface area contributed by atoms with Crippen LogP contribution in [0.2, 0.25) is 10.0 Å². The lowest BCUT2D eigenvalue weighted by molar-refractivity contribution is 0.179. The van der Waals surface area contributed by atoms with Crippen molar-refractivity contribution in [1.29, 1.82) is 0 Å². The SMILES string of the molecule is CC(O)CC(C)Nc1nc(NN)c(Cl)cc1Cl. The molecule has 1 aromatic rings. The molecule has 7 heteroatoms. The van der Waals surface area contributed by atoms with Crippen LogP contribution in [0.4, 0.5) is 11.6 Å². The fraction of sp³-hybridized carbons (Fsp3) is 0.500. The fourth-order valence-electron chi connectivity index (χ4n) is 1.47. The Balaban J connectivity index is 2.83. The highest BCUT2D eigenvalue weighted by molar-refractivity contribution is 6.37. The maximum absolute atomic E-state index is 9.27. The number of aromatic nitrogens is 1. The Kier molecular flexibility index (Phi) is 5.27. The van der Waals surface area contributed by atoms with E-state index in [-0.39, 0.29) is 6.04 Å². The Labute approximate surface area is 110 Å². The molecule has 0 aliphatic heterocycles. The second kappa shape index (κ2) is 6.26. The molecular formula is C10H16Cl2N4O. The zero-order chi connectivity index (χ0) is 13.0. The van der Waals surface area contributed by atoms with Gasteiger partial charge in [-0.25, -0.2) is 10.8 Å². The first kappa shape index (κ1) is 14.3. The van der Waals surface area contributed by atoms with E-state index in [1.165, 1.54) is 0 Å². The van der Waals surface area contributed by atoms with E-state index in [1.807, 2.05) is 6.92 Å². The highest BCUT2D eigenvalue weighted by Crippen LogP contribution is 2.29. The molecule has 5 N–H and O–H groups in total. The van der Waals surface area contributed by atoms with E-state index in [0.29, 0.717) is 28.1 Å². The van der Waals surface area contributed by atoms with Crippen LogP contribution in [-0.2, 0) is 0 Å². The van der Waals surface area contributed by atoms with Crippen LogP contribution in [0.25, 0.3) is 0 Å². The third-order valence-electron chi connectivity index (χ3n) is 2.14. The molecule has 2 atom stereocenters. The van der Waals surface area contributed by atoms with Gasteiger partial charge in [-0.1, -0.05) is 23.2 Å². The smallest absolute Gasteiger partial charge is 0.161 e. The molecule has 0 amide bonds. The highest BCUT2D eigenvalue weighted by atomic mass is 35.5. The number of nitrogens with two attached hydrogens (primary N) is 1. The topological polar surface area (TPSA) is 83.2 Å². The second-order valence-electron chi connectivity index (χ2n) is 3.92. The van der Waals surface area contributed by atoms with Gasteiger partial charge < -0.3 is 15.8 Å². The molecule has 17 heavy (non-hydrogen) atoms. The average Bonchev–Trinajstić information content (AvgIpc) is 2.20. The summed E-state index contributed by atoms with van der Waals surface area (Å²) in [6, 6.07) is 1.59. The number of hydrogen-bond donors (Lipinski definition) is 4. The van der Waals surface area contributed by atoms with Crippen molar-refractivity contribution < 1.29 is 5.11 Å². The predicted octanol–water partition coefficient (Wildman–Crippen LogP) is 2.25. The summed E-state index contributed by atoms with van der Waals surface area (Å²) in [6.07, 6.45) is 0.196. The van der Waals surface area contributed by atoms with E-state index in [4.69, 9.17) is 29.0 Å². The average molecular weight is 279 g/mol. The van der Waals surface area contributed by atoms with Gasteiger partial charge in [0.2, 0.25) is 0 Å². The zero-order valence-electron chi connectivity index (χ0n) is 9.67. The van der Waals surface area contributed by atoms with Crippen LogP contribution >= 0.6 is 23.2 Å². The molecule has 5 nitrogen and oxygen atoms in total. The van der Waals surface area contributed by atoms with Crippen LogP contribution < -0.4 is 16.6 Å². The number of nitrogen functional groups attached to an aromatic ring is 1. The van der Waals surface area contributed by atoms with Crippen molar-refractivity contribution in [2.45, 2.75) is 32.4 Å². The van der Waals surface area contributed by atoms with E-state index in [1.54, 1.807) is 13.0 Å². The zero-order valence-corrected chi connectivity index (χ0v) is 11.2. The van der Waals surface area contributed by atoms with Crippen LogP contribution in [0.15, 0.2) is 6.07 Å². The Morgan fingerprint density at radius 1 is 1.35 bits per heavy atom. The highest BCUT2D eigenvalue weighted by Gasteiger charge is 2.12. The summed E-state index contributed by atoms with van der Waals surface area (Å²) in [5.74, 6) is 6.11. The first-order valence-corrected chi connectivity index (χ1v) is 5.97. The predicted molar refractivity (Wildman–Crippen MR) is 71.4 cm³/mol. The van der Waals surface area contributed by atoms with Gasteiger partial charge in [0.05, 0.1) is 16.1 Å². The number of pyridine rings is 1. The number of nitrogens with zero attached hydrogens (tertiary/aromatic N) is 1. The molecule has 1 rings (SSSR count). The molecule has 0 aliphatic rings. The number of aliphatic hydroxyl groups excluding tert-OH is 1. The number of halogens is 2. The van der Waals surface area contributed by atoms with Crippen molar-refractivity contribution in [2.75, 3.05) is 10.7 Å². The van der Waals surface area contributed by atoms with Gasteiger partial charge >= 0.3 is 0 Å². The van der Waals surface area contributed by atoms with Gasteiger partial charge in [-0.3, -0.25) is 0 Å². The molecule has 1 heterocycles. The summed E-state index contributed by atoms with van der Waals surface area (Å²) in [4.78, 5) is 4.14. The lowest BCUT2D eigenvalue weighted by atomic mass is 10.1. The van der Waals surface area contributed by atoms with Crippen LogP contribution in [0.5, 0.6) is 0 Å². The van der Waals surface area contributed by atoms with Gasteiger partial charge in [-0.05, 0) is 26.3 Å². The number of anilines is 2. The van der Waals surface area contributed by atoms with E-state index < -0.39 is 6.10 Å². The minimum Gasteiger partial charge on any atom is -0.393 e. The fourth-order valence-corrected chi connectivity index (χ4v) is 1.94. The summed E-state index contributed by atoms with van der Waals surface area (Å²) in [7, 11) is 0. The number of nitrogens with one attached hydrogen (secondary N) is 2. The molecule has 0 aliphatic carbocycles. The van der Waals surface area contributed by atoms with Gasteiger partial charge in [0.25, 0.3) is 0 Å². The molecule has 0 fully saturated rings. The van der Waals surface area contributed by atoms with Crippen molar-refractivity contribution in [3.63, 3.8) is 0 Å². The van der Waals surface area contributed by atoms with Crippen molar-refractivity contribution >= 4 is 34.8 Å². The first-order chi connectivity index (χ1) is 7.93.